The lowest BCUT2D eigenvalue weighted by molar-refractivity contribution is 0.105. The highest BCUT2D eigenvalue weighted by Crippen LogP contribution is 2.29. The van der Waals surface area contributed by atoms with Crippen molar-refractivity contribution >= 4 is 35.0 Å². The molecule has 0 unspecified atom stereocenters. The minimum Gasteiger partial charge on any atom is -0.450 e. The lowest BCUT2D eigenvalue weighted by Gasteiger charge is -2.35. The van der Waals surface area contributed by atoms with Gasteiger partial charge in [-0.3, -0.25) is 0 Å². The molecule has 6 heteroatoms. The summed E-state index contributed by atoms with van der Waals surface area (Å²) in [6.45, 7) is 4.96. The van der Waals surface area contributed by atoms with Gasteiger partial charge in [0.05, 0.1) is 17.3 Å². The average Bonchev–Trinajstić information content (AvgIpc) is 2.39. The second-order valence-corrected chi connectivity index (χ2v) is 5.11. The van der Waals surface area contributed by atoms with E-state index in [-0.39, 0.29) is 6.09 Å². The van der Waals surface area contributed by atoms with Gasteiger partial charge in [-0.05, 0) is 25.1 Å². The molecule has 0 radical (unpaired) electrons. The van der Waals surface area contributed by atoms with Crippen LogP contribution in [0.1, 0.15) is 6.92 Å². The number of amides is 1. The first-order valence-electron chi connectivity index (χ1n) is 6.23. The Morgan fingerprint density at radius 1 is 1.26 bits per heavy atom. The van der Waals surface area contributed by atoms with Gasteiger partial charge in [0, 0.05) is 31.2 Å². The molecule has 4 nitrogen and oxygen atoms in total. The van der Waals surface area contributed by atoms with Crippen LogP contribution in [0.25, 0.3) is 0 Å². The number of hydrogen-bond acceptors (Lipinski definition) is 3. The molecule has 0 aromatic heterocycles. The number of hydrogen-bond donors (Lipinski definition) is 0. The molecular weight excluding hydrogens is 287 g/mol. The summed E-state index contributed by atoms with van der Waals surface area (Å²) >= 11 is 12.1. The second kappa shape index (κ2) is 6.35. The Balaban J connectivity index is 1.98. The van der Waals surface area contributed by atoms with Crippen molar-refractivity contribution in [3.63, 3.8) is 0 Å². The van der Waals surface area contributed by atoms with Crippen LogP contribution < -0.4 is 4.90 Å². The minimum atomic E-state index is -0.246. The van der Waals surface area contributed by atoms with E-state index in [1.807, 2.05) is 19.1 Å². The SMILES string of the molecule is CCOC(=O)N1CCN(c2ccc(Cl)cc2Cl)CC1. The van der Waals surface area contributed by atoms with E-state index >= 15 is 0 Å². The number of rotatable bonds is 2. The fraction of sp³-hybridized carbons (Fsp3) is 0.462. The second-order valence-electron chi connectivity index (χ2n) is 4.27. The number of halogens is 2. The maximum atomic E-state index is 11.6. The number of piperazine rings is 1. The highest BCUT2D eigenvalue weighted by molar-refractivity contribution is 6.36. The summed E-state index contributed by atoms with van der Waals surface area (Å²) in [7, 11) is 0. The van der Waals surface area contributed by atoms with Gasteiger partial charge in [-0.15, -0.1) is 0 Å². The van der Waals surface area contributed by atoms with Crippen molar-refractivity contribution in [3.8, 4) is 0 Å². The Morgan fingerprint density at radius 2 is 1.95 bits per heavy atom. The molecular formula is C13H16Cl2N2O2. The first kappa shape index (κ1) is 14.3. The molecule has 0 saturated carbocycles. The molecule has 1 aliphatic rings. The summed E-state index contributed by atoms with van der Waals surface area (Å²) in [4.78, 5) is 15.5. The van der Waals surface area contributed by atoms with Gasteiger partial charge in [0.15, 0.2) is 0 Å². The number of anilines is 1. The predicted molar refractivity (Wildman–Crippen MR) is 77.3 cm³/mol. The Labute approximate surface area is 122 Å². The fourth-order valence-corrected chi connectivity index (χ4v) is 2.61. The Hall–Kier alpha value is -1.13. The van der Waals surface area contributed by atoms with E-state index in [0.29, 0.717) is 29.7 Å². The summed E-state index contributed by atoms with van der Waals surface area (Å²) in [5, 5.41) is 1.26. The summed E-state index contributed by atoms with van der Waals surface area (Å²) < 4.78 is 4.99. The molecule has 1 fully saturated rings. The zero-order valence-corrected chi connectivity index (χ0v) is 12.2. The molecule has 1 amide bonds. The quantitative estimate of drug-likeness (QED) is 0.840. The predicted octanol–water partition coefficient (Wildman–Crippen LogP) is 3.27. The Morgan fingerprint density at radius 3 is 2.53 bits per heavy atom. The number of carbonyl (C=O) groups is 1. The molecule has 0 aliphatic carbocycles. The largest absolute Gasteiger partial charge is 0.450 e. The van der Waals surface area contributed by atoms with Gasteiger partial charge in [0.2, 0.25) is 0 Å². The zero-order chi connectivity index (χ0) is 13.8. The van der Waals surface area contributed by atoms with E-state index in [9.17, 15) is 4.79 Å². The molecule has 0 N–H and O–H groups in total. The van der Waals surface area contributed by atoms with Crippen molar-refractivity contribution in [2.45, 2.75) is 6.92 Å². The van der Waals surface area contributed by atoms with Crippen molar-refractivity contribution < 1.29 is 9.53 Å². The van der Waals surface area contributed by atoms with E-state index < -0.39 is 0 Å². The first-order chi connectivity index (χ1) is 9.11. The van der Waals surface area contributed by atoms with E-state index in [2.05, 4.69) is 4.90 Å². The van der Waals surface area contributed by atoms with Gasteiger partial charge >= 0.3 is 6.09 Å². The molecule has 0 spiro atoms. The van der Waals surface area contributed by atoms with E-state index in [1.165, 1.54) is 0 Å². The molecule has 1 saturated heterocycles. The lowest BCUT2D eigenvalue weighted by atomic mass is 10.2. The third-order valence-electron chi connectivity index (χ3n) is 3.06. The van der Waals surface area contributed by atoms with Crippen molar-refractivity contribution in [2.75, 3.05) is 37.7 Å². The monoisotopic (exact) mass is 302 g/mol. The number of benzene rings is 1. The Bertz CT molecular complexity index is 460. The summed E-state index contributed by atoms with van der Waals surface area (Å²) in [6, 6.07) is 5.46. The van der Waals surface area contributed by atoms with Crippen LogP contribution in [0.15, 0.2) is 18.2 Å². The van der Waals surface area contributed by atoms with Gasteiger partial charge < -0.3 is 14.5 Å². The van der Waals surface area contributed by atoms with E-state index in [1.54, 1.807) is 11.0 Å². The van der Waals surface area contributed by atoms with Crippen molar-refractivity contribution in [3.05, 3.63) is 28.2 Å². The summed E-state index contributed by atoms with van der Waals surface area (Å²) in [5.74, 6) is 0. The fourth-order valence-electron chi connectivity index (χ4n) is 2.08. The standard InChI is InChI=1S/C13H16Cl2N2O2/c1-2-19-13(18)17-7-5-16(6-8-17)12-4-3-10(14)9-11(12)15/h3-4,9H,2,5-8H2,1H3. The topological polar surface area (TPSA) is 32.8 Å². The molecule has 1 aromatic carbocycles. The van der Waals surface area contributed by atoms with Crippen LogP contribution in [-0.4, -0.2) is 43.8 Å². The molecule has 19 heavy (non-hydrogen) atoms. The summed E-state index contributed by atoms with van der Waals surface area (Å²) in [6.07, 6.45) is -0.246. The van der Waals surface area contributed by atoms with Crippen LogP contribution >= 0.6 is 23.2 Å². The molecule has 1 heterocycles. The van der Waals surface area contributed by atoms with Crippen molar-refractivity contribution in [1.29, 1.82) is 0 Å². The van der Waals surface area contributed by atoms with Gasteiger partial charge in [0.25, 0.3) is 0 Å². The van der Waals surface area contributed by atoms with Gasteiger partial charge in [-0.1, -0.05) is 23.2 Å². The zero-order valence-electron chi connectivity index (χ0n) is 10.7. The minimum absolute atomic E-state index is 0.246. The molecule has 0 bridgehead atoms. The number of ether oxygens (including phenoxy) is 1. The van der Waals surface area contributed by atoms with Crippen LogP contribution in [-0.2, 0) is 4.74 Å². The molecule has 104 valence electrons. The average molecular weight is 303 g/mol. The smallest absolute Gasteiger partial charge is 0.409 e. The van der Waals surface area contributed by atoms with Gasteiger partial charge in [-0.25, -0.2) is 4.79 Å². The number of carbonyl (C=O) groups excluding carboxylic acids is 1. The lowest BCUT2D eigenvalue weighted by Crippen LogP contribution is -2.49. The first-order valence-corrected chi connectivity index (χ1v) is 6.99. The molecule has 2 rings (SSSR count). The van der Waals surface area contributed by atoms with E-state index in [0.717, 1.165) is 18.8 Å². The highest BCUT2D eigenvalue weighted by Gasteiger charge is 2.23. The van der Waals surface area contributed by atoms with E-state index in [4.69, 9.17) is 27.9 Å². The molecule has 1 aliphatic heterocycles. The van der Waals surface area contributed by atoms with Crippen LogP contribution in [0.3, 0.4) is 0 Å². The molecule has 0 atom stereocenters. The van der Waals surface area contributed by atoms with Crippen LogP contribution in [0, 0.1) is 0 Å². The highest BCUT2D eigenvalue weighted by atomic mass is 35.5. The third-order valence-corrected chi connectivity index (χ3v) is 3.59. The number of nitrogens with zero attached hydrogens (tertiary/aromatic N) is 2. The maximum absolute atomic E-state index is 11.6. The van der Waals surface area contributed by atoms with Crippen LogP contribution in [0.5, 0.6) is 0 Å². The Kier molecular flexibility index (Phi) is 4.77. The molecule has 1 aromatic rings. The van der Waals surface area contributed by atoms with Crippen LogP contribution in [0.2, 0.25) is 10.0 Å². The van der Waals surface area contributed by atoms with Gasteiger partial charge in [0.1, 0.15) is 0 Å². The normalized spacial score (nSPS) is 15.5. The summed E-state index contributed by atoms with van der Waals surface area (Å²) in [5.41, 5.74) is 0.953. The third kappa shape index (κ3) is 3.45. The van der Waals surface area contributed by atoms with Crippen LogP contribution in [0.4, 0.5) is 10.5 Å². The van der Waals surface area contributed by atoms with Crippen molar-refractivity contribution in [2.24, 2.45) is 0 Å². The van der Waals surface area contributed by atoms with Gasteiger partial charge in [-0.2, -0.15) is 0 Å². The maximum Gasteiger partial charge on any atom is 0.409 e. The van der Waals surface area contributed by atoms with Crippen molar-refractivity contribution in [1.82, 2.24) is 4.90 Å².